The summed E-state index contributed by atoms with van der Waals surface area (Å²) in [6.07, 6.45) is 0. The molecule has 13 aromatic carbocycles. The molecule has 0 spiro atoms. The maximum absolute atomic E-state index is 2.48. The molecule has 1 nitrogen and oxygen atoms in total. The molecule has 0 N–H and O–H groups in total. The van der Waals surface area contributed by atoms with E-state index in [1.165, 1.54) is 111 Å². The fraction of sp³-hybridized carbons (Fsp3) is 0. The van der Waals surface area contributed by atoms with Gasteiger partial charge in [0.2, 0.25) is 0 Å². The van der Waals surface area contributed by atoms with E-state index in [0.717, 1.165) is 27.8 Å². The fourth-order valence-electron chi connectivity index (χ4n) is 11.6. The van der Waals surface area contributed by atoms with Gasteiger partial charge in [0.15, 0.2) is 0 Å². The van der Waals surface area contributed by atoms with Gasteiger partial charge in [-0.3, -0.25) is 0 Å². The third kappa shape index (κ3) is 9.24. The number of hydrogen-bond donors (Lipinski definition) is 0. The molecule has 14 aromatic rings. The molecule has 0 saturated heterocycles. The summed E-state index contributed by atoms with van der Waals surface area (Å²) in [6.45, 7) is 0. The van der Waals surface area contributed by atoms with Crippen LogP contribution in [0.1, 0.15) is 0 Å². The predicted molar refractivity (Wildman–Crippen MR) is 335 cm³/mol. The maximum Gasteiger partial charge on any atom is 0.0541 e. The van der Waals surface area contributed by atoms with Gasteiger partial charge in [-0.2, -0.15) is 0 Å². The highest BCUT2D eigenvalue weighted by Gasteiger charge is 2.20. The molecule has 0 bridgehead atoms. The number of fused-ring (bicyclic) bond motifs is 3. The van der Waals surface area contributed by atoms with Crippen molar-refractivity contribution in [1.82, 2.24) is 4.57 Å². The Hall–Kier alpha value is -10.3. The number of benzene rings is 13. The smallest absolute Gasteiger partial charge is 0.0541 e. The van der Waals surface area contributed by atoms with Crippen molar-refractivity contribution in [1.29, 1.82) is 0 Å². The molecule has 0 aliphatic heterocycles. The lowest BCUT2D eigenvalue weighted by Gasteiger charge is -2.15. The first kappa shape index (κ1) is 47.1. The molecular weight excluding hydrogens is 951 g/mol. The zero-order chi connectivity index (χ0) is 52.5. The highest BCUT2D eigenvalue weighted by atomic mass is 15.0. The molecule has 0 aliphatic rings. The molecule has 1 heteroatoms. The van der Waals surface area contributed by atoms with E-state index in [0.29, 0.717) is 0 Å². The summed E-state index contributed by atoms with van der Waals surface area (Å²) in [5.74, 6) is 0. The van der Waals surface area contributed by atoms with Gasteiger partial charge >= 0.3 is 0 Å². The van der Waals surface area contributed by atoms with Gasteiger partial charge in [-0.05, 0) is 166 Å². The zero-order valence-corrected chi connectivity index (χ0v) is 43.5. The summed E-state index contributed by atoms with van der Waals surface area (Å²) in [7, 11) is 0. The van der Waals surface area contributed by atoms with Gasteiger partial charge in [0.05, 0.1) is 11.0 Å². The van der Waals surface area contributed by atoms with Gasteiger partial charge in [0, 0.05) is 16.5 Å². The molecular formula is C78H53N. The average Bonchev–Trinajstić information content (AvgIpc) is 4.09. The van der Waals surface area contributed by atoms with E-state index in [1.807, 2.05) is 0 Å². The normalized spacial score (nSPS) is 11.3. The second-order valence-corrected chi connectivity index (χ2v) is 20.4. The lowest BCUT2D eigenvalue weighted by atomic mass is 9.89. The quantitative estimate of drug-likeness (QED) is 0.122. The van der Waals surface area contributed by atoms with Crippen molar-refractivity contribution in [3.05, 3.63) is 322 Å². The molecule has 370 valence electrons. The van der Waals surface area contributed by atoms with Gasteiger partial charge < -0.3 is 4.57 Å². The van der Waals surface area contributed by atoms with Crippen LogP contribution in [0, 0.1) is 0 Å². The molecule has 0 unspecified atom stereocenters. The predicted octanol–water partition coefficient (Wildman–Crippen LogP) is 21.5. The van der Waals surface area contributed by atoms with E-state index in [-0.39, 0.29) is 0 Å². The van der Waals surface area contributed by atoms with Crippen LogP contribution < -0.4 is 0 Å². The third-order valence-electron chi connectivity index (χ3n) is 15.6. The average molecular weight is 1000 g/mol. The van der Waals surface area contributed by atoms with Crippen molar-refractivity contribution >= 4 is 21.8 Å². The van der Waals surface area contributed by atoms with Crippen LogP contribution in [0.15, 0.2) is 322 Å². The summed E-state index contributed by atoms with van der Waals surface area (Å²) in [6, 6.07) is 118. The SMILES string of the molecule is c1ccc(-c2ccc(-c3ccc(-c4ccc5c(c4)c4cc(-c6ccc(-c7ccc(-c8ccccc8)cc7)cc6-c6ccccc6)ccc4n5-c4cc(-c5ccccc5)cc(-c5ccccc5)c4)c(-c4ccccc4)c3)cc2)cc1. The third-order valence-corrected chi connectivity index (χ3v) is 15.6. The Morgan fingerprint density at radius 2 is 0.418 bits per heavy atom. The van der Waals surface area contributed by atoms with Crippen molar-refractivity contribution in [2.24, 2.45) is 0 Å². The van der Waals surface area contributed by atoms with E-state index >= 15 is 0 Å². The van der Waals surface area contributed by atoms with Gasteiger partial charge in [-0.1, -0.05) is 267 Å². The van der Waals surface area contributed by atoms with Crippen LogP contribution in [0.3, 0.4) is 0 Å². The summed E-state index contributed by atoms with van der Waals surface area (Å²) in [5, 5.41) is 2.38. The maximum atomic E-state index is 2.48. The van der Waals surface area contributed by atoms with Crippen LogP contribution in [0.5, 0.6) is 0 Å². The number of nitrogens with zero attached hydrogens (tertiary/aromatic N) is 1. The molecule has 0 saturated carbocycles. The molecule has 14 rings (SSSR count). The summed E-state index contributed by atoms with van der Waals surface area (Å²) >= 11 is 0. The van der Waals surface area contributed by atoms with Crippen molar-refractivity contribution in [3.8, 4) is 117 Å². The molecule has 0 amide bonds. The molecule has 1 heterocycles. The van der Waals surface area contributed by atoms with E-state index in [2.05, 4.69) is 326 Å². The second kappa shape index (κ2) is 20.7. The minimum atomic E-state index is 1.11. The van der Waals surface area contributed by atoms with Crippen molar-refractivity contribution in [2.45, 2.75) is 0 Å². The Balaban J connectivity index is 0.959. The molecule has 1 aromatic heterocycles. The van der Waals surface area contributed by atoms with Gasteiger partial charge in [-0.15, -0.1) is 0 Å². The Kier molecular flexibility index (Phi) is 12.3. The number of hydrogen-bond acceptors (Lipinski definition) is 0. The zero-order valence-electron chi connectivity index (χ0n) is 43.5. The summed E-state index contributed by atoms with van der Waals surface area (Å²) in [4.78, 5) is 0. The summed E-state index contributed by atoms with van der Waals surface area (Å²) in [5.41, 5.74) is 27.1. The molecule has 0 fully saturated rings. The Morgan fingerprint density at radius 3 is 0.759 bits per heavy atom. The van der Waals surface area contributed by atoms with Crippen LogP contribution in [0.4, 0.5) is 0 Å². The van der Waals surface area contributed by atoms with Crippen LogP contribution >= 0.6 is 0 Å². The topological polar surface area (TPSA) is 4.93 Å². The van der Waals surface area contributed by atoms with E-state index in [1.54, 1.807) is 0 Å². The van der Waals surface area contributed by atoms with Crippen LogP contribution in [0.2, 0.25) is 0 Å². The van der Waals surface area contributed by atoms with Crippen molar-refractivity contribution in [2.75, 3.05) is 0 Å². The summed E-state index contributed by atoms with van der Waals surface area (Å²) < 4.78 is 2.48. The lowest BCUT2D eigenvalue weighted by Crippen LogP contribution is -1.96. The van der Waals surface area contributed by atoms with Gasteiger partial charge in [0.1, 0.15) is 0 Å². The van der Waals surface area contributed by atoms with E-state index in [4.69, 9.17) is 0 Å². The molecule has 0 radical (unpaired) electrons. The molecule has 0 atom stereocenters. The van der Waals surface area contributed by atoms with Crippen molar-refractivity contribution < 1.29 is 0 Å². The first-order valence-corrected chi connectivity index (χ1v) is 27.2. The first-order chi connectivity index (χ1) is 39.1. The van der Waals surface area contributed by atoms with Gasteiger partial charge in [-0.25, -0.2) is 0 Å². The minimum absolute atomic E-state index is 1.11. The highest BCUT2D eigenvalue weighted by Crippen LogP contribution is 2.44. The van der Waals surface area contributed by atoms with Crippen LogP contribution in [-0.2, 0) is 0 Å². The Bertz CT molecular complexity index is 4160. The number of aromatic nitrogens is 1. The number of rotatable bonds is 11. The Morgan fingerprint density at radius 1 is 0.152 bits per heavy atom. The highest BCUT2D eigenvalue weighted by molar-refractivity contribution is 6.12. The van der Waals surface area contributed by atoms with Crippen molar-refractivity contribution in [3.63, 3.8) is 0 Å². The van der Waals surface area contributed by atoms with E-state index in [9.17, 15) is 0 Å². The van der Waals surface area contributed by atoms with Crippen LogP contribution in [0.25, 0.3) is 139 Å². The second-order valence-electron chi connectivity index (χ2n) is 20.4. The fourth-order valence-corrected chi connectivity index (χ4v) is 11.6. The van der Waals surface area contributed by atoms with E-state index < -0.39 is 0 Å². The van der Waals surface area contributed by atoms with Gasteiger partial charge in [0.25, 0.3) is 0 Å². The largest absolute Gasteiger partial charge is 0.309 e. The monoisotopic (exact) mass is 1000 g/mol. The lowest BCUT2D eigenvalue weighted by molar-refractivity contribution is 1.18. The van der Waals surface area contributed by atoms with Crippen LogP contribution in [-0.4, -0.2) is 4.57 Å². The molecule has 79 heavy (non-hydrogen) atoms. The molecule has 0 aliphatic carbocycles. The standard InChI is InChI=1S/C78H53N/c1-7-19-54(20-8-1)58-31-35-60(36-32-58)64-39-43-71(73(50-64)62-27-15-5-16-28-62)66-41-45-77-75(52-66)76-53-67(42-46-78(76)79(77)70-48-68(56-23-11-3-12-24-56)47-69(49-70)57-25-13-4-14-26-57)72-44-40-65(51-74(72)63-29-17-6-18-30-63)61-37-33-59(34-38-61)55-21-9-2-10-22-55/h1-53H. The first-order valence-electron chi connectivity index (χ1n) is 27.2. The Labute approximate surface area is 462 Å². The minimum Gasteiger partial charge on any atom is -0.309 e.